The van der Waals surface area contributed by atoms with E-state index in [1.54, 1.807) is 30.3 Å². The minimum Gasteiger partial charge on any atom is -0.479 e. The normalized spacial score (nSPS) is 12.4. The van der Waals surface area contributed by atoms with E-state index in [0.29, 0.717) is 27.8 Å². The molecule has 0 radical (unpaired) electrons. The number of halogens is 3. The number of carboxylic acids is 1. The minimum atomic E-state index is -1.16. The number of aromatic nitrogens is 2. The van der Waals surface area contributed by atoms with Crippen molar-refractivity contribution in [3.05, 3.63) is 91.1 Å². The van der Waals surface area contributed by atoms with Crippen LogP contribution in [-0.4, -0.2) is 33.1 Å². The van der Waals surface area contributed by atoms with Crippen LogP contribution in [0.5, 0.6) is 5.75 Å². The highest BCUT2D eigenvalue weighted by Gasteiger charge is 2.19. The number of nitrogens with zero attached hydrogens (tertiary/aromatic N) is 3. The van der Waals surface area contributed by atoms with Crippen LogP contribution in [0.4, 0.5) is 0 Å². The van der Waals surface area contributed by atoms with Gasteiger partial charge in [-0.3, -0.25) is 4.79 Å². The van der Waals surface area contributed by atoms with Gasteiger partial charge in [-0.2, -0.15) is 9.78 Å². The first-order valence-electron chi connectivity index (χ1n) is 10.9. The molecule has 5 rings (SSSR count). The Morgan fingerprint density at radius 2 is 1.89 bits per heavy atom. The van der Waals surface area contributed by atoms with E-state index in [9.17, 15) is 9.59 Å². The average molecular weight is 601 g/mol. The summed E-state index contributed by atoms with van der Waals surface area (Å²) in [5.41, 5.74) is 1.17. The van der Waals surface area contributed by atoms with Crippen LogP contribution in [-0.2, 0) is 4.79 Å². The summed E-state index contributed by atoms with van der Waals surface area (Å²) in [7, 11) is 0. The Bertz CT molecular complexity index is 1760. The molecule has 11 heteroatoms. The Hall–Kier alpha value is -3.66. The summed E-state index contributed by atoms with van der Waals surface area (Å²) in [6.07, 6.45) is 0.242. The van der Waals surface area contributed by atoms with Crippen molar-refractivity contribution in [1.82, 2.24) is 9.66 Å². The highest BCUT2D eigenvalue weighted by atomic mass is 79.9. The van der Waals surface area contributed by atoms with E-state index in [1.165, 1.54) is 25.3 Å². The number of benzene rings is 3. The van der Waals surface area contributed by atoms with E-state index in [1.807, 2.05) is 18.2 Å². The van der Waals surface area contributed by atoms with Crippen molar-refractivity contribution in [2.45, 2.75) is 13.0 Å². The Labute approximate surface area is 227 Å². The molecule has 0 aliphatic rings. The molecule has 2 heterocycles. The van der Waals surface area contributed by atoms with Crippen molar-refractivity contribution in [1.29, 1.82) is 0 Å². The number of hydrogen-bond donors (Lipinski definition) is 1. The molecule has 0 amide bonds. The molecular formula is C26H16BrCl2N3O5. The molecule has 5 aromatic rings. The fraction of sp³-hybridized carbons (Fsp3) is 0.0769. The van der Waals surface area contributed by atoms with Gasteiger partial charge in [0.05, 0.1) is 27.2 Å². The predicted octanol–water partition coefficient (Wildman–Crippen LogP) is 6.61. The third-order valence-corrected chi connectivity index (χ3v) is 6.49. The van der Waals surface area contributed by atoms with Crippen molar-refractivity contribution in [2.75, 3.05) is 0 Å². The van der Waals surface area contributed by atoms with Gasteiger partial charge in [0.2, 0.25) is 5.82 Å². The number of carbonyl (C=O) groups is 1. The average Bonchev–Trinajstić information content (AvgIpc) is 3.28. The molecule has 8 nitrogen and oxygen atoms in total. The maximum absolute atomic E-state index is 13.4. The number of rotatable bonds is 6. The van der Waals surface area contributed by atoms with E-state index in [4.69, 9.17) is 37.5 Å². The number of aliphatic carboxylic acids is 1. The second kappa shape index (κ2) is 10.0. The lowest BCUT2D eigenvalue weighted by Gasteiger charge is -2.14. The number of carboxylic acid groups (broad SMARTS) is 1. The Morgan fingerprint density at radius 1 is 1.16 bits per heavy atom. The Kier molecular flexibility index (Phi) is 6.76. The van der Waals surface area contributed by atoms with Crippen LogP contribution >= 0.6 is 39.1 Å². The molecular weight excluding hydrogens is 585 g/mol. The van der Waals surface area contributed by atoms with Gasteiger partial charge >= 0.3 is 5.97 Å². The Balaban J connectivity index is 1.62. The third-order valence-electron chi connectivity index (χ3n) is 5.44. The highest BCUT2D eigenvalue weighted by molar-refractivity contribution is 9.10. The summed E-state index contributed by atoms with van der Waals surface area (Å²) in [6.45, 7) is 1.36. The molecule has 0 spiro atoms. The van der Waals surface area contributed by atoms with E-state index < -0.39 is 17.6 Å². The summed E-state index contributed by atoms with van der Waals surface area (Å²) < 4.78 is 13.4. The van der Waals surface area contributed by atoms with Gasteiger partial charge in [0.25, 0.3) is 5.56 Å². The van der Waals surface area contributed by atoms with E-state index in [0.717, 1.165) is 14.5 Å². The lowest BCUT2D eigenvalue weighted by atomic mass is 10.2. The third kappa shape index (κ3) is 4.98. The van der Waals surface area contributed by atoms with Crippen LogP contribution in [0.25, 0.3) is 33.5 Å². The van der Waals surface area contributed by atoms with E-state index >= 15 is 0 Å². The van der Waals surface area contributed by atoms with Gasteiger partial charge in [0.15, 0.2) is 17.6 Å². The molecule has 1 N–H and O–H groups in total. The first-order valence-corrected chi connectivity index (χ1v) is 12.4. The van der Waals surface area contributed by atoms with Gasteiger partial charge in [0, 0.05) is 9.86 Å². The van der Waals surface area contributed by atoms with Crippen molar-refractivity contribution in [3.8, 4) is 17.3 Å². The quantitative estimate of drug-likeness (QED) is 0.220. The lowest BCUT2D eigenvalue weighted by Crippen LogP contribution is -2.23. The van der Waals surface area contributed by atoms with Gasteiger partial charge in [-0.05, 0) is 61.0 Å². The van der Waals surface area contributed by atoms with E-state index in [2.05, 4.69) is 26.0 Å². The fourth-order valence-electron chi connectivity index (χ4n) is 3.63. The molecule has 0 bridgehead atoms. The summed E-state index contributed by atoms with van der Waals surface area (Å²) in [6, 6.07) is 17.3. The zero-order valence-electron chi connectivity index (χ0n) is 19.0. The van der Waals surface area contributed by atoms with Gasteiger partial charge in [-0.1, -0.05) is 51.3 Å². The zero-order chi connectivity index (χ0) is 26.3. The smallest absolute Gasteiger partial charge is 0.344 e. The number of furan rings is 1. The summed E-state index contributed by atoms with van der Waals surface area (Å²) in [4.78, 5) is 29.2. The summed E-state index contributed by atoms with van der Waals surface area (Å²) >= 11 is 16.0. The largest absolute Gasteiger partial charge is 0.479 e. The molecule has 37 heavy (non-hydrogen) atoms. The number of ether oxygens (including phenoxy) is 1. The zero-order valence-corrected chi connectivity index (χ0v) is 22.1. The summed E-state index contributed by atoms with van der Waals surface area (Å²) in [5, 5.41) is 14.9. The predicted molar refractivity (Wildman–Crippen MR) is 146 cm³/mol. The van der Waals surface area contributed by atoms with E-state index in [-0.39, 0.29) is 21.6 Å². The maximum atomic E-state index is 13.4. The molecule has 2 aromatic heterocycles. The molecule has 0 aliphatic heterocycles. The summed E-state index contributed by atoms with van der Waals surface area (Å²) in [5.74, 6) is -0.559. The lowest BCUT2D eigenvalue weighted by molar-refractivity contribution is -0.144. The molecule has 0 fully saturated rings. The standard InChI is InChI=1S/C26H16BrCl2N3O5/c1-13(26(34)35)36-23-18(28)8-14(9-19(23)29)12-30-32-24(31-20-5-3-2-4-17(20)25(32)33)22-11-15-10-16(27)6-7-21(15)37-22/h2-13H,1H3,(H,34,35)/t13-/m1/s1. The van der Waals surface area contributed by atoms with Gasteiger partial charge in [-0.15, -0.1) is 0 Å². The van der Waals surface area contributed by atoms with Crippen LogP contribution in [0.1, 0.15) is 12.5 Å². The highest BCUT2D eigenvalue weighted by Crippen LogP contribution is 2.35. The first kappa shape index (κ1) is 25.0. The van der Waals surface area contributed by atoms with Crippen LogP contribution in [0.15, 0.2) is 79.4 Å². The van der Waals surface area contributed by atoms with Gasteiger partial charge in [0.1, 0.15) is 5.58 Å². The van der Waals surface area contributed by atoms with Crippen molar-refractivity contribution in [3.63, 3.8) is 0 Å². The molecule has 3 aromatic carbocycles. The second-order valence-electron chi connectivity index (χ2n) is 8.02. The fourth-order valence-corrected chi connectivity index (χ4v) is 4.60. The number of para-hydroxylation sites is 1. The van der Waals surface area contributed by atoms with Crippen LogP contribution in [0.3, 0.4) is 0 Å². The van der Waals surface area contributed by atoms with Gasteiger partial charge in [-0.25, -0.2) is 9.78 Å². The van der Waals surface area contributed by atoms with Crippen molar-refractivity contribution >= 4 is 73.2 Å². The maximum Gasteiger partial charge on any atom is 0.344 e. The number of fused-ring (bicyclic) bond motifs is 2. The molecule has 0 saturated carbocycles. The van der Waals surface area contributed by atoms with Crippen LogP contribution in [0.2, 0.25) is 10.0 Å². The van der Waals surface area contributed by atoms with Crippen molar-refractivity contribution in [2.24, 2.45) is 5.10 Å². The SMILES string of the molecule is C[C@@H](Oc1c(Cl)cc(C=Nn2c(-c3cc4cc(Br)ccc4o3)nc3ccccc3c2=O)cc1Cl)C(=O)O. The van der Waals surface area contributed by atoms with Crippen LogP contribution in [0, 0.1) is 0 Å². The molecule has 0 aliphatic carbocycles. The molecule has 0 unspecified atom stereocenters. The number of hydrogen-bond acceptors (Lipinski definition) is 6. The monoisotopic (exact) mass is 599 g/mol. The van der Waals surface area contributed by atoms with Gasteiger partial charge < -0.3 is 14.3 Å². The topological polar surface area (TPSA) is 107 Å². The Morgan fingerprint density at radius 3 is 2.62 bits per heavy atom. The minimum absolute atomic E-state index is 0.0362. The van der Waals surface area contributed by atoms with Crippen molar-refractivity contribution < 1.29 is 19.1 Å². The molecule has 186 valence electrons. The molecule has 0 saturated heterocycles. The first-order chi connectivity index (χ1) is 17.7. The van der Waals surface area contributed by atoms with Crippen LogP contribution < -0.4 is 10.3 Å². The second-order valence-corrected chi connectivity index (χ2v) is 9.75. The molecule has 1 atom stereocenters.